The van der Waals surface area contributed by atoms with E-state index in [1.807, 2.05) is 13.8 Å². The van der Waals surface area contributed by atoms with Gasteiger partial charge in [0.15, 0.2) is 0 Å². The highest BCUT2D eigenvalue weighted by atomic mass is 19.4. The largest absolute Gasteiger partial charge is 0.480 e. The fourth-order valence-corrected chi connectivity index (χ4v) is 1.36. The molecule has 108 valence electrons. The van der Waals surface area contributed by atoms with E-state index in [-0.39, 0.29) is 32.1 Å². The summed E-state index contributed by atoms with van der Waals surface area (Å²) in [6.07, 6.45) is -4.90. The van der Waals surface area contributed by atoms with Crippen LogP contribution in [-0.2, 0) is 9.53 Å². The molecule has 1 atom stereocenters. The maximum Gasteiger partial charge on any atom is 0.389 e. The van der Waals surface area contributed by atoms with Crippen molar-refractivity contribution in [3.8, 4) is 0 Å². The number of nitrogens with one attached hydrogen (secondary N) is 1. The lowest BCUT2D eigenvalue weighted by Gasteiger charge is -2.17. The van der Waals surface area contributed by atoms with Gasteiger partial charge in [0, 0.05) is 25.7 Å². The number of halogens is 3. The Morgan fingerprint density at radius 3 is 2.39 bits per heavy atom. The van der Waals surface area contributed by atoms with Gasteiger partial charge in [0.2, 0.25) is 0 Å². The van der Waals surface area contributed by atoms with Gasteiger partial charge in [-0.25, -0.2) is 0 Å². The number of carbonyl (C=O) groups is 1. The molecule has 1 unspecified atom stereocenters. The van der Waals surface area contributed by atoms with Gasteiger partial charge in [0.25, 0.3) is 0 Å². The number of hydrogen-bond donors (Lipinski definition) is 2. The quantitative estimate of drug-likeness (QED) is 0.631. The van der Waals surface area contributed by atoms with E-state index in [1.54, 1.807) is 0 Å². The second-order valence-electron chi connectivity index (χ2n) is 4.33. The van der Waals surface area contributed by atoms with Gasteiger partial charge in [-0.15, -0.1) is 0 Å². The molecule has 0 aliphatic rings. The maximum absolute atomic E-state index is 11.8. The highest BCUT2D eigenvalue weighted by Gasteiger charge is 2.26. The molecule has 0 aliphatic carbocycles. The summed E-state index contributed by atoms with van der Waals surface area (Å²) in [5.74, 6) is -0.984. The number of carboxylic acid groups (broad SMARTS) is 1. The standard InChI is InChI=1S/C11H20F3NO3/c1-8(2)15-9(10(16)17)4-7-18-6-3-5-11(12,13)14/h8-9,15H,3-7H2,1-2H3,(H,16,17). The normalized spacial score (nSPS) is 13.9. The topological polar surface area (TPSA) is 58.6 Å². The van der Waals surface area contributed by atoms with Crippen LogP contribution in [0.25, 0.3) is 0 Å². The fraction of sp³-hybridized carbons (Fsp3) is 0.909. The Hall–Kier alpha value is -0.820. The second kappa shape index (κ2) is 8.31. The van der Waals surface area contributed by atoms with Gasteiger partial charge >= 0.3 is 12.1 Å². The number of aliphatic carboxylic acids is 1. The Labute approximate surface area is 105 Å². The molecule has 0 aromatic heterocycles. The minimum Gasteiger partial charge on any atom is -0.480 e. The fourth-order valence-electron chi connectivity index (χ4n) is 1.36. The summed E-state index contributed by atoms with van der Waals surface area (Å²) >= 11 is 0. The molecule has 2 N–H and O–H groups in total. The molecule has 18 heavy (non-hydrogen) atoms. The van der Waals surface area contributed by atoms with Crippen molar-refractivity contribution in [1.29, 1.82) is 0 Å². The van der Waals surface area contributed by atoms with Crippen LogP contribution < -0.4 is 5.32 Å². The van der Waals surface area contributed by atoms with E-state index in [4.69, 9.17) is 9.84 Å². The molecule has 0 rings (SSSR count). The van der Waals surface area contributed by atoms with Crippen LogP contribution in [0.4, 0.5) is 13.2 Å². The summed E-state index contributed by atoms with van der Waals surface area (Å²) in [5, 5.41) is 11.7. The van der Waals surface area contributed by atoms with Crippen LogP contribution in [0.2, 0.25) is 0 Å². The first kappa shape index (κ1) is 17.2. The van der Waals surface area contributed by atoms with Crippen LogP contribution in [0, 0.1) is 0 Å². The molecule has 0 aliphatic heterocycles. The zero-order valence-electron chi connectivity index (χ0n) is 10.6. The van der Waals surface area contributed by atoms with E-state index < -0.39 is 24.6 Å². The lowest BCUT2D eigenvalue weighted by atomic mass is 10.2. The van der Waals surface area contributed by atoms with Crippen LogP contribution in [0.5, 0.6) is 0 Å². The Balaban J connectivity index is 3.65. The van der Waals surface area contributed by atoms with Gasteiger partial charge in [-0.05, 0) is 12.8 Å². The first-order chi connectivity index (χ1) is 8.22. The third kappa shape index (κ3) is 10.3. The van der Waals surface area contributed by atoms with Crippen molar-refractivity contribution in [2.75, 3.05) is 13.2 Å². The average Bonchev–Trinajstić information content (AvgIpc) is 2.18. The van der Waals surface area contributed by atoms with Crippen molar-refractivity contribution in [2.24, 2.45) is 0 Å². The second-order valence-corrected chi connectivity index (χ2v) is 4.33. The van der Waals surface area contributed by atoms with Crippen LogP contribution in [0.1, 0.15) is 33.1 Å². The summed E-state index contributed by atoms with van der Waals surface area (Å²) in [4.78, 5) is 10.8. The SMILES string of the molecule is CC(C)NC(CCOCCCC(F)(F)F)C(=O)O. The van der Waals surface area contributed by atoms with Crippen molar-refractivity contribution >= 4 is 5.97 Å². The van der Waals surface area contributed by atoms with E-state index in [0.29, 0.717) is 0 Å². The lowest BCUT2D eigenvalue weighted by Crippen LogP contribution is -2.41. The summed E-state index contributed by atoms with van der Waals surface area (Å²) in [7, 11) is 0. The molecule has 0 spiro atoms. The van der Waals surface area contributed by atoms with E-state index in [9.17, 15) is 18.0 Å². The summed E-state index contributed by atoms with van der Waals surface area (Å²) in [6, 6.07) is -0.705. The van der Waals surface area contributed by atoms with E-state index in [2.05, 4.69) is 5.32 Å². The Morgan fingerprint density at radius 1 is 1.33 bits per heavy atom. The number of alkyl halides is 3. The third-order valence-electron chi connectivity index (χ3n) is 2.13. The molecule has 0 radical (unpaired) electrons. The van der Waals surface area contributed by atoms with E-state index in [1.165, 1.54) is 0 Å². The molecule has 7 heteroatoms. The van der Waals surface area contributed by atoms with Gasteiger partial charge in [-0.3, -0.25) is 4.79 Å². The summed E-state index contributed by atoms with van der Waals surface area (Å²) in [5.41, 5.74) is 0. The minimum atomic E-state index is -4.16. The van der Waals surface area contributed by atoms with Crippen LogP contribution in [0.15, 0.2) is 0 Å². The van der Waals surface area contributed by atoms with Crippen molar-refractivity contribution in [2.45, 2.75) is 51.4 Å². The van der Waals surface area contributed by atoms with Gasteiger partial charge in [-0.2, -0.15) is 13.2 Å². The molecular formula is C11H20F3NO3. The molecule has 0 aromatic rings. The highest BCUT2D eigenvalue weighted by molar-refractivity contribution is 5.73. The zero-order chi connectivity index (χ0) is 14.2. The predicted octanol–water partition coefficient (Wildman–Crippen LogP) is 2.19. The smallest absolute Gasteiger partial charge is 0.389 e. The zero-order valence-corrected chi connectivity index (χ0v) is 10.6. The Bertz CT molecular complexity index is 244. The van der Waals surface area contributed by atoms with Gasteiger partial charge in [-0.1, -0.05) is 13.8 Å². The first-order valence-electron chi connectivity index (χ1n) is 5.85. The summed E-state index contributed by atoms with van der Waals surface area (Å²) < 4.78 is 40.4. The van der Waals surface area contributed by atoms with Crippen molar-refractivity contribution in [1.82, 2.24) is 5.32 Å². The molecule has 0 saturated heterocycles. The van der Waals surface area contributed by atoms with E-state index in [0.717, 1.165) is 0 Å². The summed E-state index contributed by atoms with van der Waals surface area (Å²) in [6.45, 7) is 3.77. The van der Waals surface area contributed by atoms with Gasteiger partial charge < -0.3 is 15.2 Å². The molecule has 0 heterocycles. The minimum absolute atomic E-state index is 0.00642. The molecule has 0 fully saturated rings. The Morgan fingerprint density at radius 2 is 1.94 bits per heavy atom. The van der Waals surface area contributed by atoms with Crippen molar-refractivity contribution in [3.63, 3.8) is 0 Å². The molecule has 0 saturated carbocycles. The molecule has 4 nitrogen and oxygen atoms in total. The number of carboxylic acids is 1. The number of rotatable bonds is 9. The highest BCUT2D eigenvalue weighted by Crippen LogP contribution is 2.20. The van der Waals surface area contributed by atoms with Crippen LogP contribution in [-0.4, -0.2) is 42.5 Å². The van der Waals surface area contributed by atoms with Crippen molar-refractivity contribution < 1.29 is 27.8 Å². The third-order valence-corrected chi connectivity index (χ3v) is 2.13. The van der Waals surface area contributed by atoms with Crippen molar-refractivity contribution in [3.05, 3.63) is 0 Å². The maximum atomic E-state index is 11.8. The first-order valence-corrected chi connectivity index (χ1v) is 5.85. The van der Waals surface area contributed by atoms with Gasteiger partial charge in [0.05, 0.1) is 0 Å². The molecule has 0 bridgehead atoms. The number of ether oxygens (including phenoxy) is 1. The van der Waals surface area contributed by atoms with E-state index >= 15 is 0 Å². The molecular weight excluding hydrogens is 251 g/mol. The monoisotopic (exact) mass is 271 g/mol. The predicted molar refractivity (Wildman–Crippen MR) is 60.4 cm³/mol. The van der Waals surface area contributed by atoms with Gasteiger partial charge in [0.1, 0.15) is 6.04 Å². The van der Waals surface area contributed by atoms with Crippen LogP contribution in [0.3, 0.4) is 0 Å². The Kier molecular flexibility index (Phi) is 7.93. The number of hydrogen-bond acceptors (Lipinski definition) is 3. The molecule has 0 amide bonds. The lowest BCUT2D eigenvalue weighted by molar-refractivity contribution is -0.140. The molecule has 0 aromatic carbocycles. The average molecular weight is 271 g/mol. The van der Waals surface area contributed by atoms with Crippen LogP contribution >= 0.6 is 0 Å².